The van der Waals surface area contributed by atoms with E-state index < -0.39 is 24.8 Å². The minimum absolute atomic E-state index is 0.0889. The van der Waals surface area contributed by atoms with E-state index in [0.717, 1.165) is 11.1 Å². The van der Waals surface area contributed by atoms with E-state index in [0.29, 0.717) is 11.4 Å². The maximum atomic E-state index is 12.4. The van der Waals surface area contributed by atoms with Crippen LogP contribution in [0.3, 0.4) is 0 Å². The lowest BCUT2D eigenvalue weighted by atomic mass is 10.4. The summed E-state index contributed by atoms with van der Waals surface area (Å²) < 4.78 is 61.8. The summed E-state index contributed by atoms with van der Waals surface area (Å²) in [5.74, 6) is -0.357. The molecule has 0 spiro atoms. The Balaban J connectivity index is 2.97. The average molecular weight is 334 g/mol. The first kappa shape index (κ1) is 15.1. The third-order valence-electron chi connectivity index (χ3n) is 1.93. The van der Waals surface area contributed by atoms with Crippen molar-refractivity contribution in [2.75, 3.05) is 23.3 Å². The van der Waals surface area contributed by atoms with Gasteiger partial charge in [0.2, 0.25) is 5.95 Å². The Morgan fingerprint density at radius 1 is 1.33 bits per heavy atom. The Labute approximate surface area is 108 Å². The van der Waals surface area contributed by atoms with Gasteiger partial charge in [0.25, 0.3) is 6.43 Å². The highest BCUT2D eigenvalue weighted by Gasteiger charge is 2.33. The summed E-state index contributed by atoms with van der Waals surface area (Å²) in [4.78, 5) is 7.83. The van der Waals surface area contributed by atoms with Crippen molar-refractivity contribution in [3.8, 4) is 0 Å². The Morgan fingerprint density at radius 2 is 2.00 bits per heavy atom. The van der Waals surface area contributed by atoms with Gasteiger partial charge in [-0.25, -0.2) is 18.7 Å². The van der Waals surface area contributed by atoms with Gasteiger partial charge in [0, 0.05) is 18.1 Å². The van der Waals surface area contributed by atoms with Gasteiger partial charge in [-0.15, -0.1) is 0 Å². The second kappa shape index (κ2) is 6.26. The zero-order valence-corrected chi connectivity index (χ0v) is 10.5. The standard InChI is InChI=1S/C9H9BrF5N3/c10-2-4-18(5-7(11)12)8-16-3-1-6(17-8)9(13,14)15/h1,3,7H,2,4-5H2. The maximum Gasteiger partial charge on any atom is 0.433 e. The predicted octanol–water partition coefficient (Wildman–Crippen LogP) is 2.96. The molecule has 102 valence electrons. The van der Waals surface area contributed by atoms with Gasteiger partial charge in [-0.2, -0.15) is 13.2 Å². The second-order valence-corrected chi connectivity index (χ2v) is 4.06. The quantitative estimate of drug-likeness (QED) is 0.612. The van der Waals surface area contributed by atoms with E-state index in [1.165, 1.54) is 0 Å². The Hall–Kier alpha value is -0.990. The molecule has 0 radical (unpaired) electrons. The van der Waals surface area contributed by atoms with Crippen molar-refractivity contribution in [3.05, 3.63) is 18.0 Å². The van der Waals surface area contributed by atoms with Gasteiger partial charge < -0.3 is 4.90 Å². The fraction of sp³-hybridized carbons (Fsp3) is 0.556. The van der Waals surface area contributed by atoms with E-state index in [-0.39, 0.29) is 12.5 Å². The molecular formula is C9H9BrF5N3. The van der Waals surface area contributed by atoms with Crippen LogP contribution in [-0.4, -0.2) is 34.8 Å². The molecule has 1 aromatic rings. The summed E-state index contributed by atoms with van der Waals surface area (Å²) in [6, 6.07) is 0.693. The normalized spacial score (nSPS) is 11.9. The fourth-order valence-electron chi connectivity index (χ4n) is 1.20. The summed E-state index contributed by atoms with van der Waals surface area (Å²) in [6.07, 6.45) is -6.40. The molecule has 18 heavy (non-hydrogen) atoms. The molecule has 0 amide bonds. The van der Waals surface area contributed by atoms with Crippen LogP contribution in [0.2, 0.25) is 0 Å². The minimum atomic E-state index is -4.62. The zero-order valence-electron chi connectivity index (χ0n) is 8.96. The summed E-state index contributed by atoms with van der Waals surface area (Å²) in [7, 11) is 0. The van der Waals surface area contributed by atoms with Gasteiger partial charge >= 0.3 is 6.18 Å². The highest BCUT2D eigenvalue weighted by Crippen LogP contribution is 2.28. The molecule has 0 fully saturated rings. The summed E-state index contributed by atoms with van der Waals surface area (Å²) in [5.41, 5.74) is -1.15. The Bertz CT molecular complexity index is 385. The molecule has 0 aromatic carbocycles. The van der Waals surface area contributed by atoms with Crippen LogP contribution in [0.15, 0.2) is 12.3 Å². The lowest BCUT2D eigenvalue weighted by Crippen LogP contribution is -2.32. The van der Waals surface area contributed by atoms with Crippen LogP contribution in [0.1, 0.15) is 5.69 Å². The number of nitrogens with zero attached hydrogens (tertiary/aromatic N) is 3. The van der Waals surface area contributed by atoms with E-state index in [1.54, 1.807) is 0 Å². The highest BCUT2D eigenvalue weighted by molar-refractivity contribution is 9.09. The number of hydrogen-bond donors (Lipinski definition) is 0. The number of aromatic nitrogens is 2. The molecule has 0 unspecified atom stereocenters. The van der Waals surface area contributed by atoms with Crippen molar-refractivity contribution in [3.63, 3.8) is 0 Å². The van der Waals surface area contributed by atoms with Crippen molar-refractivity contribution in [1.29, 1.82) is 0 Å². The van der Waals surface area contributed by atoms with Gasteiger partial charge in [0.15, 0.2) is 0 Å². The van der Waals surface area contributed by atoms with E-state index >= 15 is 0 Å². The molecule has 0 aliphatic heterocycles. The first-order chi connectivity index (χ1) is 8.34. The third-order valence-corrected chi connectivity index (χ3v) is 2.28. The maximum absolute atomic E-state index is 12.4. The number of rotatable bonds is 5. The van der Waals surface area contributed by atoms with Crippen LogP contribution in [0.5, 0.6) is 0 Å². The monoisotopic (exact) mass is 333 g/mol. The predicted molar refractivity (Wildman–Crippen MR) is 59.0 cm³/mol. The molecule has 1 rings (SSSR count). The molecule has 0 bridgehead atoms. The van der Waals surface area contributed by atoms with E-state index in [1.807, 2.05) is 0 Å². The van der Waals surface area contributed by atoms with Crippen molar-refractivity contribution in [2.45, 2.75) is 12.6 Å². The smallest absolute Gasteiger partial charge is 0.334 e. The van der Waals surface area contributed by atoms with Gasteiger partial charge in [-0.1, -0.05) is 15.9 Å². The Kier molecular flexibility index (Phi) is 5.24. The largest absolute Gasteiger partial charge is 0.433 e. The molecule has 0 aliphatic rings. The van der Waals surface area contributed by atoms with Crippen LogP contribution in [0.4, 0.5) is 27.9 Å². The van der Waals surface area contributed by atoms with Crippen LogP contribution in [0, 0.1) is 0 Å². The van der Waals surface area contributed by atoms with E-state index in [9.17, 15) is 22.0 Å². The van der Waals surface area contributed by atoms with E-state index in [2.05, 4.69) is 25.9 Å². The molecule has 0 aliphatic carbocycles. The number of hydrogen-bond acceptors (Lipinski definition) is 3. The molecule has 1 aromatic heterocycles. The van der Waals surface area contributed by atoms with Crippen LogP contribution < -0.4 is 4.90 Å². The first-order valence-corrected chi connectivity index (χ1v) is 5.96. The van der Waals surface area contributed by atoms with Crippen LogP contribution >= 0.6 is 15.9 Å². The first-order valence-electron chi connectivity index (χ1n) is 4.84. The molecule has 3 nitrogen and oxygen atoms in total. The highest BCUT2D eigenvalue weighted by atomic mass is 79.9. The van der Waals surface area contributed by atoms with Crippen LogP contribution in [0.25, 0.3) is 0 Å². The minimum Gasteiger partial charge on any atom is -0.334 e. The molecule has 0 saturated heterocycles. The zero-order chi connectivity index (χ0) is 13.8. The molecule has 9 heteroatoms. The Morgan fingerprint density at radius 3 is 2.50 bits per heavy atom. The number of alkyl halides is 6. The van der Waals surface area contributed by atoms with Gasteiger partial charge in [-0.3, -0.25) is 0 Å². The lowest BCUT2D eigenvalue weighted by molar-refractivity contribution is -0.141. The summed E-state index contributed by atoms with van der Waals surface area (Å²) in [6.45, 7) is -0.626. The molecule has 0 saturated carbocycles. The van der Waals surface area contributed by atoms with Crippen molar-refractivity contribution in [2.24, 2.45) is 0 Å². The molecule has 0 atom stereocenters. The number of anilines is 1. The summed E-state index contributed by atoms with van der Waals surface area (Å²) in [5, 5.41) is 0.319. The van der Waals surface area contributed by atoms with Crippen molar-refractivity contribution in [1.82, 2.24) is 9.97 Å². The second-order valence-electron chi connectivity index (χ2n) is 3.27. The molecule has 1 heterocycles. The van der Waals surface area contributed by atoms with Crippen LogP contribution in [-0.2, 0) is 6.18 Å². The van der Waals surface area contributed by atoms with Crippen molar-refractivity contribution < 1.29 is 22.0 Å². The molecule has 0 N–H and O–H groups in total. The topological polar surface area (TPSA) is 29.0 Å². The lowest BCUT2D eigenvalue weighted by Gasteiger charge is -2.21. The van der Waals surface area contributed by atoms with Gasteiger partial charge in [-0.05, 0) is 6.07 Å². The fourth-order valence-corrected chi connectivity index (χ4v) is 1.63. The molecular weight excluding hydrogens is 325 g/mol. The SMILES string of the molecule is FC(F)CN(CCBr)c1nccc(C(F)(F)F)n1. The average Bonchev–Trinajstić information content (AvgIpc) is 2.27. The van der Waals surface area contributed by atoms with Gasteiger partial charge in [0.05, 0.1) is 6.54 Å². The van der Waals surface area contributed by atoms with Gasteiger partial charge in [0.1, 0.15) is 5.69 Å². The van der Waals surface area contributed by atoms with E-state index in [4.69, 9.17) is 0 Å². The summed E-state index contributed by atoms with van der Waals surface area (Å²) >= 11 is 3.03. The number of halogens is 6. The van der Waals surface area contributed by atoms with Crippen molar-refractivity contribution >= 4 is 21.9 Å². The third kappa shape index (κ3) is 4.35.